The first-order valence-electron chi connectivity index (χ1n) is 5.89. The zero-order valence-corrected chi connectivity index (χ0v) is 9.65. The molecule has 1 saturated carbocycles. The summed E-state index contributed by atoms with van der Waals surface area (Å²) in [6.45, 7) is 4.56. The Hall–Kier alpha value is -0.770. The van der Waals surface area contributed by atoms with E-state index in [-0.39, 0.29) is 6.03 Å². The number of likely N-dealkylation sites (tertiary alicyclic amines) is 1. The normalized spacial score (nSPS) is 34.3. The van der Waals surface area contributed by atoms with Crippen LogP contribution in [0.25, 0.3) is 0 Å². The lowest BCUT2D eigenvalue weighted by Gasteiger charge is -2.24. The molecule has 4 nitrogen and oxygen atoms in total. The fourth-order valence-electron chi connectivity index (χ4n) is 2.84. The molecule has 0 aromatic carbocycles. The highest BCUT2D eigenvalue weighted by Gasteiger charge is 2.42. The maximum atomic E-state index is 11.9. The summed E-state index contributed by atoms with van der Waals surface area (Å²) in [6.07, 6.45) is 2.34. The zero-order valence-electron chi connectivity index (χ0n) is 9.65. The van der Waals surface area contributed by atoms with Crippen LogP contribution in [-0.4, -0.2) is 48.6 Å². The van der Waals surface area contributed by atoms with Crippen molar-refractivity contribution in [3.05, 3.63) is 0 Å². The van der Waals surface area contributed by atoms with Crippen molar-refractivity contribution in [1.82, 2.24) is 9.80 Å². The Labute approximate surface area is 91.4 Å². The second kappa shape index (κ2) is 4.00. The van der Waals surface area contributed by atoms with Gasteiger partial charge in [-0.2, -0.15) is 0 Å². The highest BCUT2D eigenvalue weighted by Crippen LogP contribution is 2.37. The number of nitrogens with two attached hydrogens (primary N) is 1. The molecule has 4 heteroatoms. The van der Waals surface area contributed by atoms with Gasteiger partial charge >= 0.3 is 6.03 Å². The molecule has 1 heterocycles. The number of fused-ring (bicyclic) bond motifs is 1. The van der Waals surface area contributed by atoms with Crippen LogP contribution < -0.4 is 5.73 Å². The van der Waals surface area contributed by atoms with Crippen LogP contribution in [0.4, 0.5) is 4.79 Å². The Morgan fingerprint density at radius 2 is 2.20 bits per heavy atom. The van der Waals surface area contributed by atoms with Crippen LogP contribution >= 0.6 is 0 Å². The number of hydrogen-bond donors (Lipinski definition) is 1. The van der Waals surface area contributed by atoms with Crippen LogP contribution in [0.1, 0.15) is 19.8 Å². The minimum Gasteiger partial charge on any atom is -0.328 e. The monoisotopic (exact) mass is 211 g/mol. The lowest BCUT2D eigenvalue weighted by Crippen LogP contribution is -2.41. The molecule has 86 valence electrons. The number of hydrogen-bond acceptors (Lipinski definition) is 2. The molecule has 0 bridgehead atoms. The third-order valence-corrected chi connectivity index (χ3v) is 3.98. The van der Waals surface area contributed by atoms with Gasteiger partial charge in [-0.3, -0.25) is 0 Å². The third kappa shape index (κ3) is 1.83. The van der Waals surface area contributed by atoms with E-state index in [0.29, 0.717) is 17.9 Å². The number of carbonyl (C=O) groups is 1. The van der Waals surface area contributed by atoms with Gasteiger partial charge < -0.3 is 15.5 Å². The number of rotatable bonds is 1. The molecule has 2 amide bonds. The Bertz CT molecular complexity index is 256. The summed E-state index contributed by atoms with van der Waals surface area (Å²) in [5.41, 5.74) is 6.04. The van der Waals surface area contributed by atoms with Crippen molar-refractivity contribution in [3.63, 3.8) is 0 Å². The molecular formula is C11H21N3O. The lowest BCUT2D eigenvalue weighted by atomic mass is 9.98. The van der Waals surface area contributed by atoms with Gasteiger partial charge in [-0.1, -0.05) is 0 Å². The molecule has 1 saturated heterocycles. The SMILES string of the molecule is CCN(C)C(=O)N1CC2CCC(N)C2C1. The van der Waals surface area contributed by atoms with Crippen LogP contribution in [0.15, 0.2) is 0 Å². The number of urea groups is 1. The largest absolute Gasteiger partial charge is 0.328 e. The molecule has 1 aliphatic heterocycles. The molecule has 3 unspecified atom stereocenters. The molecule has 0 radical (unpaired) electrons. The van der Waals surface area contributed by atoms with Crippen LogP contribution in [0.2, 0.25) is 0 Å². The Morgan fingerprint density at radius 1 is 1.47 bits per heavy atom. The molecule has 2 fully saturated rings. The first-order valence-corrected chi connectivity index (χ1v) is 5.89. The van der Waals surface area contributed by atoms with E-state index >= 15 is 0 Å². The summed E-state index contributed by atoms with van der Waals surface area (Å²) in [7, 11) is 1.86. The third-order valence-electron chi connectivity index (χ3n) is 3.98. The Morgan fingerprint density at radius 3 is 2.80 bits per heavy atom. The van der Waals surface area contributed by atoms with Gasteiger partial charge in [0.15, 0.2) is 0 Å². The average Bonchev–Trinajstić information content (AvgIpc) is 2.79. The van der Waals surface area contributed by atoms with E-state index in [1.165, 1.54) is 6.42 Å². The summed E-state index contributed by atoms with van der Waals surface area (Å²) in [4.78, 5) is 15.7. The molecule has 0 spiro atoms. The summed E-state index contributed by atoms with van der Waals surface area (Å²) >= 11 is 0. The van der Waals surface area contributed by atoms with Gasteiger partial charge in [0.2, 0.25) is 0 Å². The topological polar surface area (TPSA) is 49.6 Å². The second-order valence-electron chi connectivity index (χ2n) is 4.87. The van der Waals surface area contributed by atoms with Crippen molar-refractivity contribution in [2.45, 2.75) is 25.8 Å². The van der Waals surface area contributed by atoms with Crippen LogP contribution in [0, 0.1) is 11.8 Å². The van der Waals surface area contributed by atoms with Gasteiger partial charge in [0, 0.05) is 32.7 Å². The first-order chi connectivity index (χ1) is 7.13. The van der Waals surface area contributed by atoms with E-state index in [9.17, 15) is 4.79 Å². The van der Waals surface area contributed by atoms with E-state index < -0.39 is 0 Å². The molecule has 2 aliphatic rings. The zero-order chi connectivity index (χ0) is 11.0. The quantitative estimate of drug-likeness (QED) is 0.695. The van der Waals surface area contributed by atoms with E-state index in [1.807, 2.05) is 18.9 Å². The van der Waals surface area contributed by atoms with Gasteiger partial charge in [-0.05, 0) is 31.6 Å². The van der Waals surface area contributed by atoms with Crippen LogP contribution in [-0.2, 0) is 0 Å². The predicted octanol–water partition coefficient (Wildman–Crippen LogP) is 0.727. The fraction of sp³-hybridized carbons (Fsp3) is 0.909. The molecular weight excluding hydrogens is 190 g/mol. The first kappa shape index (κ1) is 10.7. The maximum Gasteiger partial charge on any atom is 0.319 e. The molecule has 15 heavy (non-hydrogen) atoms. The van der Waals surface area contributed by atoms with Crippen LogP contribution in [0.5, 0.6) is 0 Å². The molecule has 2 N–H and O–H groups in total. The van der Waals surface area contributed by atoms with E-state index in [0.717, 1.165) is 26.1 Å². The average molecular weight is 211 g/mol. The van der Waals surface area contributed by atoms with Gasteiger partial charge in [0.25, 0.3) is 0 Å². The van der Waals surface area contributed by atoms with Gasteiger partial charge in [0.05, 0.1) is 0 Å². The second-order valence-corrected chi connectivity index (χ2v) is 4.87. The molecule has 1 aliphatic carbocycles. The number of amides is 2. The molecule has 3 atom stereocenters. The molecule has 0 aromatic rings. The van der Waals surface area contributed by atoms with E-state index in [2.05, 4.69) is 0 Å². The lowest BCUT2D eigenvalue weighted by molar-refractivity contribution is 0.171. The Balaban J connectivity index is 1.96. The smallest absolute Gasteiger partial charge is 0.319 e. The highest BCUT2D eigenvalue weighted by molar-refractivity contribution is 5.74. The van der Waals surface area contributed by atoms with Crippen molar-refractivity contribution in [3.8, 4) is 0 Å². The van der Waals surface area contributed by atoms with Crippen molar-refractivity contribution >= 4 is 6.03 Å². The van der Waals surface area contributed by atoms with E-state index in [4.69, 9.17) is 5.73 Å². The molecule has 2 rings (SSSR count). The van der Waals surface area contributed by atoms with E-state index in [1.54, 1.807) is 4.90 Å². The summed E-state index contributed by atoms with van der Waals surface area (Å²) < 4.78 is 0. The number of carbonyl (C=O) groups excluding carboxylic acids is 1. The summed E-state index contributed by atoms with van der Waals surface area (Å²) in [5.74, 6) is 1.22. The minimum atomic E-state index is 0.166. The van der Waals surface area contributed by atoms with Gasteiger partial charge in [0.1, 0.15) is 0 Å². The number of nitrogens with zero attached hydrogens (tertiary/aromatic N) is 2. The standard InChI is InChI=1S/C11H21N3O/c1-3-13(2)11(15)14-6-8-4-5-10(12)9(8)7-14/h8-10H,3-7,12H2,1-2H3. The Kier molecular flexibility index (Phi) is 2.87. The van der Waals surface area contributed by atoms with Crippen LogP contribution in [0.3, 0.4) is 0 Å². The summed E-state index contributed by atoms with van der Waals surface area (Å²) in [6, 6.07) is 0.485. The van der Waals surface area contributed by atoms with Crippen molar-refractivity contribution in [2.75, 3.05) is 26.7 Å². The van der Waals surface area contributed by atoms with Crippen molar-refractivity contribution in [2.24, 2.45) is 17.6 Å². The van der Waals surface area contributed by atoms with Crippen molar-refractivity contribution < 1.29 is 4.79 Å². The summed E-state index contributed by atoms with van der Waals surface area (Å²) in [5, 5.41) is 0. The van der Waals surface area contributed by atoms with Gasteiger partial charge in [-0.15, -0.1) is 0 Å². The highest BCUT2D eigenvalue weighted by atomic mass is 16.2. The minimum absolute atomic E-state index is 0.166. The maximum absolute atomic E-state index is 11.9. The molecule has 0 aromatic heterocycles. The van der Waals surface area contributed by atoms with Crippen molar-refractivity contribution in [1.29, 1.82) is 0 Å². The predicted molar refractivity (Wildman–Crippen MR) is 59.5 cm³/mol. The van der Waals surface area contributed by atoms with Gasteiger partial charge in [-0.25, -0.2) is 4.79 Å². The fourth-order valence-corrected chi connectivity index (χ4v) is 2.84.